The van der Waals surface area contributed by atoms with E-state index in [-0.39, 0.29) is 41.0 Å². The Bertz CT molecular complexity index is 524. The van der Waals surface area contributed by atoms with Crippen LogP contribution in [0, 0.1) is 5.82 Å². The Morgan fingerprint density at radius 3 is 2.52 bits per heavy atom. The molecule has 0 aromatic heterocycles. The highest BCUT2D eigenvalue weighted by Crippen LogP contribution is 2.15. The molecule has 5 nitrogen and oxygen atoms in total. The van der Waals surface area contributed by atoms with Crippen LogP contribution in [0.25, 0.3) is 0 Å². The van der Waals surface area contributed by atoms with Crippen LogP contribution in [0.4, 0.5) is 10.1 Å². The number of piperazine rings is 1. The van der Waals surface area contributed by atoms with Crippen molar-refractivity contribution in [1.82, 2.24) is 10.2 Å². The van der Waals surface area contributed by atoms with Gasteiger partial charge in [-0.25, -0.2) is 4.39 Å². The highest BCUT2D eigenvalue weighted by Gasteiger charge is 2.22. The maximum absolute atomic E-state index is 12.8. The van der Waals surface area contributed by atoms with Crippen LogP contribution in [0.3, 0.4) is 0 Å². The summed E-state index contributed by atoms with van der Waals surface area (Å²) >= 11 is 1.31. The summed E-state index contributed by atoms with van der Waals surface area (Å²) in [5.41, 5.74) is 0.549. The number of halogens is 2. The molecular formula is C15H21ClFN3O2S. The van der Waals surface area contributed by atoms with Gasteiger partial charge in [0, 0.05) is 31.9 Å². The van der Waals surface area contributed by atoms with Crippen molar-refractivity contribution in [1.29, 1.82) is 0 Å². The number of carbonyl (C=O) groups excluding carboxylic acids is 2. The highest BCUT2D eigenvalue weighted by molar-refractivity contribution is 8.01. The van der Waals surface area contributed by atoms with Gasteiger partial charge in [-0.1, -0.05) is 0 Å². The van der Waals surface area contributed by atoms with Gasteiger partial charge in [0.05, 0.1) is 11.0 Å². The summed E-state index contributed by atoms with van der Waals surface area (Å²) < 4.78 is 12.8. The topological polar surface area (TPSA) is 61.4 Å². The summed E-state index contributed by atoms with van der Waals surface area (Å²) in [6, 6.07) is 5.60. The fourth-order valence-electron chi connectivity index (χ4n) is 2.14. The SMILES string of the molecule is CC(SCC(=O)Nc1ccc(F)cc1)C(=O)N1CCNCC1.Cl. The molecule has 1 fully saturated rings. The number of hydrogen-bond donors (Lipinski definition) is 2. The Labute approximate surface area is 145 Å². The van der Waals surface area contributed by atoms with E-state index in [2.05, 4.69) is 10.6 Å². The van der Waals surface area contributed by atoms with E-state index < -0.39 is 0 Å². The van der Waals surface area contributed by atoms with Crippen molar-refractivity contribution in [2.75, 3.05) is 37.2 Å². The average Bonchev–Trinajstić information content (AvgIpc) is 2.55. The van der Waals surface area contributed by atoms with Gasteiger partial charge in [0.2, 0.25) is 11.8 Å². The van der Waals surface area contributed by atoms with Crippen LogP contribution < -0.4 is 10.6 Å². The summed E-state index contributed by atoms with van der Waals surface area (Å²) in [6.45, 7) is 4.87. The molecule has 2 N–H and O–H groups in total. The average molecular weight is 362 g/mol. The number of thioether (sulfide) groups is 1. The van der Waals surface area contributed by atoms with Gasteiger partial charge in [-0.2, -0.15) is 0 Å². The molecule has 2 rings (SSSR count). The van der Waals surface area contributed by atoms with E-state index in [1.165, 1.54) is 36.0 Å². The molecule has 1 aliphatic rings. The number of carbonyl (C=O) groups is 2. The Morgan fingerprint density at radius 2 is 1.91 bits per heavy atom. The lowest BCUT2D eigenvalue weighted by Crippen LogP contribution is -2.48. The number of benzene rings is 1. The van der Waals surface area contributed by atoms with Crippen molar-refractivity contribution in [3.8, 4) is 0 Å². The fraction of sp³-hybridized carbons (Fsp3) is 0.467. The number of hydrogen-bond acceptors (Lipinski definition) is 4. The number of anilines is 1. The zero-order valence-electron chi connectivity index (χ0n) is 12.9. The van der Waals surface area contributed by atoms with Crippen molar-refractivity contribution in [3.05, 3.63) is 30.1 Å². The zero-order valence-corrected chi connectivity index (χ0v) is 14.5. The van der Waals surface area contributed by atoms with Gasteiger partial charge in [-0.3, -0.25) is 9.59 Å². The van der Waals surface area contributed by atoms with E-state index in [1.807, 2.05) is 11.8 Å². The maximum atomic E-state index is 12.8. The number of rotatable bonds is 5. The van der Waals surface area contributed by atoms with E-state index in [0.717, 1.165) is 13.1 Å². The Morgan fingerprint density at radius 1 is 1.30 bits per heavy atom. The fourth-order valence-corrected chi connectivity index (χ4v) is 2.91. The van der Waals surface area contributed by atoms with Crippen molar-refractivity contribution >= 4 is 41.7 Å². The largest absolute Gasteiger partial charge is 0.339 e. The van der Waals surface area contributed by atoms with Gasteiger partial charge < -0.3 is 15.5 Å². The van der Waals surface area contributed by atoms with Crippen molar-refractivity contribution in [2.45, 2.75) is 12.2 Å². The predicted octanol–water partition coefficient (Wildman–Crippen LogP) is 1.74. The first-order valence-electron chi connectivity index (χ1n) is 7.23. The molecule has 1 saturated heterocycles. The predicted molar refractivity (Wildman–Crippen MR) is 93.6 cm³/mol. The van der Waals surface area contributed by atoms with Crippen LogP contribution in [-0.4, -0.2) is 53.9 Å². The lowest BCUT2D eigenvalue weighted by molar-refractivity contribution is -0.130. The number of nitrogens with one attached hydrogen (secondary N) is 2. The standard InChI is InChI=1S/C15H20FN3O2S.ClH/c1-11(15(21)19-8-6-17-7-9-19)22-10-14(20)18-13-4-2-12(16)3-5-13;/h2-5,11,17H,6-10H2,1H3,(H,18,20);1H. The summed E-state index contributed by atoms with van der Waals surface area (Å²) in [5, 5.41) is 5.63. The summed E-state index contributed by atoms with van der Waals surface area (Å²) in [4.78, 5) is 25.9. The monoisotopic (exact) mass is 361 g/mol. The second kappa shape index (κ2) is 9.75. The van der Waals surface area contributed by atoms with Crippen molar-refractivity contribution < 1.29 is 14.0 Å². The molecule has 0 bridgehead atoms. The van der Waals surface area contributed by atoms with Gasteiger partial charge in [0.15, 0.2) is 0 Å². The third-order valence-corrected chi connectivity index (χ3v) is 4.50. The molecule has 1 aromatic carbocycles. The van der Waals surface area contributed by atoms with Crippen molar-refractivity contribution in [2.24, 2.45) is 0 Å². The van der Waals surface area contributed by atoms with Crippen LogP contribution in [0.2, 0.25) is 0 Å². The van der Waals surface area contributed by atoms with Gasteiger partial charge in [0.25, 0.3) is 0 Å². The first kappa shape index (κ1) is 19.7. The Hall–Kier alpha value is -1.31. The smallest absolute Gasteiger partial charge is 0.235 e. The lowest BCUT2D eigenvalue weighted by atomic mass is 10.3. The summed E-state index contributed by atoms with van der Waals surface area (Å²) in [5.74, 6) is -0.281. The minimum absolute atomic E-state index is 0. The van der Waals surface area contributed by atoms with E-state index in [0.29, 0.717) is 18.8 Å². The molecule has 0 saturated carbocycles. The first-order chi connectivity index (χ1) is 10.6. The van der Waals surface area contributed by atoms with Gasteiger partial charge in [0.1, 0.15) is 5.82 Å². The molecule has 128 valence electrons. The minimum Gasteiger partial charge on any atom is -0.339 e. The first-order valence-corrected chi connectivity index (χ1v) is 8.27. The molecule has 1 aromatic rings. The zero-order chi connectivity index (χ0) is 15.9. The Kier molecular flexibility index (Phi) is 8.36. The second-order valence-corrected chi connectivity index (χ2v) is 6.41. The van der Waals surface area contributed by atoms with Crippen LogP contribution in [0.5, 0.6) is 0 Å². The molecule has 0 spiro atoms. The normalized spacial score (nSPS) is 15.5. The molecule has 0 radical (unpaired) electrons. The maximum Gasteiger partial charge on any atom is 0.235 e. The summed E-state index contributed by atoms with van der Waals surface area (Å²) in [6.07, 6.45) is 0. The van der Waals surface area contributed by atoms with E-state index in [4.69, 9.17) is 0 Å². The Balaban J connectivity index is 0.00000264. The lowest BCUT2D eigenvalue weighted by Gasteiger charge is -2.29. The third-order valence-electron chi connectivity index (χ3n) is 3.37. The van der Waals surface area contributed by atoms with E-state index in [9.17, 15) is 14.0 Å². The highest BCUT2D eigenvalue weighted by atomic mass is 35.5. The molecule has 8 heteroatoms. The van der Waals surface area contributed by atoms with Crippen LogP contribution in [0.15, 0.2) is 24.3 Å². The summed E-state index contributed by atoms with van der Waals surface area (Å²) in [7, 11) is 0. The minimum atomic E-state index is -0.345. The van der Waals surface area contributed by atoms with Crippen LogP contribution in [0.1, 0.15) is 6.92 Å². The van der Waals surface area contributed by atoms with Gasteiger partial charge >= 0.3 is 0 Å². The van der Waals surface area contributed by atoms with E-state index in [1.54, 1.807) is 0 Å². The molecular weight excluding hydrogens is 341 g/mol. The second-order valence-electron chi connectivity index (χ2n) is 5.08. The molecule has 1 unspecified atom stereocenters. The molecule has 1 aliphatic heterocycles. The quantitative estimate of drug-likeness (QED) is 0.838. The molecule has 2 amide bonds. The molecule has 23 heavy (non-hydrogen) atoms. The van der Waals surface area contributed by atoms with E-state index >= 15 is 0 Å². The molecule has 0 aliphatic carbocycles. The number of amides is 2. The van der Waals surface area contributed by atoms with Gasteiger partial charge in [-0.15, -0.1) is 24.2 Å². The van der Waals surface area contributed by atoms with Crippen LogP contribution in [-0.2, 0) is 9.59 Å². The van der Waals surface area contributed by atoms with Crippen molar-refractivity contribution in [3.63, 3.8) is 0 Å². The van der Waals surface area contributed by atoms with Gasteiger partial charge in [-0.05, 0) is 31.2 Å². The number of nitrogens with zero attached hydrogens (tertiary/aromatic N) is 1. The third kappa shape index (κ3) is 6.37. The van der Waals surface area contributed by atoms with Crippen LogP contribution >= 0.6 is 24.2 Å². The molecule has 1 heterocycles. The molecule has 1 atom stereocenters.